The van der Waals surface area contributed by atoms with Gasteiger partial charge in [0.15, 0.2) is 5.82 Å². The van der Waals surface area contributed by atoms with Gasteiger partial charge < -0.3 is 54.6 Å². The second-order valence-corrected chi connectivity index (χ2v) is 14.8. The number of methoxy groups -OCH3 is 1. The van der Waals surface area contributed by atoms with Crippen molar-refractivity contribution in [2.24, 2.45) is 0 Å². The van der Waals surface area contributed by atoms with Crippen LogP contribution in [0.2, 0.25) is 0 Å². The third-order valence-electron chi connectivity index (χ3n) is 6.79. The molecule has 0 aliphatic carbocycles. The number of anilines is 6. The smallest absolute Gasteiger partial charge is 0.748 e. The van der Waals surface area contributed by atoms with Gasteiger partial charge in [-0.15, -0.1) is 0 Å². The molecule has 57 heavy (non-hydrogen) atoms. The van der Waals surface area contributed by atoms with Gasteiger partial charge in [0.25, 0.3) is 0 Å². The van der Waals surface area contributed by atoms with Crippen LogP contribution in [-0.4, -0.2) is 130 Å². The van der Waals surface area contributed by atoms with Crippen molar-refractivity contribution in [3.8, 4) is 6.01 Å². The van der Waals surface area contributed by atoms with Crippen molar-refractivity contribution in [3.05, 3.63) is 53.3 Å². The summed E-state index contributed by atoms with van der Waals surface area (Å²) in [7, 11) is -13.7. The van der Waals surface area contributed by atoms with Crippen molar-refractivity contribution in [2.45, 2.75) is 16.4 Å². The van der Waals surface area contributed by atoms with Gasteiger partial charge in [-0.1, -0.05) is 24.3 Å². The van der Waals surface area contributed by atoms with Crippen LogP contribution < -0.4 is 114 Å². The maximum atomic E-state index is 12.3. The summed E-state index contributed by atoms with van der Waals surface area (Å²) in [5, 5.41) is 36.2. The minimum Gasteiger partial charge on any atom is -0.748 e. The Morgan fingerprint density at radius 1 is 0.702 bits per heavy atom. The summed E-state index contributed by atoms with van der Waals surface area (Å²) in [6, 6.07) is 6.67. The molecule has 0 unspecified atom stereocenters. The fourth-order valence-electron chi connectivity index (χ4n) is 4.47. The predicted molar refractivity (Wildman–Crippen MR) is 186 cm³/mol. The molecule has 0 saturated carbocycles. The number of hydrogen-bond acceptors (Lipinski definition) is 23. The van der Waals surface area contributed by atoms with E-state index in [1.165, 1.54) is 36.3 Å². The minimum atomic E-state index is -5.18. The van der Waals surface area contributed by atoms with E-state index in [4.69, 9.17) is 4.74 Å². The van der Waals surface area contributed by atoms with Crippen LogP contribution in [0.3, 0.4) is 0 Å². The molecular formula is C28H31N10Na3O13S3. The number of rotatable bonds is 19. The van der Waals surface area contributed by atoms with Crippen LogP contribution in [0.1, 0.15) is 17.0 Å². The third kappa shape index (κ3) is 16.4. The van der Waals surface area contributed by atoms with Crippen LogP contribution in [0.5, 0.6) is 6.01 Å². The minimum absolute atomic E-state index is 0. The zero-order valence-electron chi connectivity index (χ0n) is 30.8. The summed E-state index contributed by atoms with van der Waals surface area (Å²) in [6.07, 6.45) is 2.18. The molecule has 0 saturated heterocycles. The molecule has 0 aliphatic heterocycles. The Bertz CT molecular complexity index is 2340. The van der Waals surface area contributed by atoms with Crippen LogP contribution in [0.15, 0.2) is 46.2 Å². The number of aromatic nitrogens is 6. The van der Waals surface area contributed by atoms with E-state index >= 15 is 0 Å². The topological polar surface area (TPSA) is 358 Å². The van der Waals surface area contributed by atoms with Crippen LogP contribution >= 0.6 is 0 Å². The predicted octanol–water partition coefficient (Wildman–Crippen LogP) is -10.2. The Kier molecular flexibility index (Phi) is 21.8. The van der Waals surface area contributed by atoms with Gasteiger partial charge in [-0.25, -0.2) is 25.3 Å². The maximum absolute atomic E-state index is 12.3. The number of nitrogens with zero attached hydrogens (tertiary/aromatic N) is 7. The van der Waals surface area contributed by atoms with Crippen LogP contribution in [0.25, 0.3) is 12.2 Å². The van der Waals surface area contributed by atoms with Crippen molar-refractivity contribution in [2.75, 3.05) is 66.6 Å². The van der Waals surface area contributed by atoms with Crippen LogP contribution in [-0.2, 0) is 37.0 Å². The summed E-state index contributed by atoms with van der Waals surface area (Å²) >= 11 is 0. The molecule has 0 aliphatic rings. The molecule has 0 fully saturated rings. The first kappa shape index (κ1) is 52.8. The Labute approximate surface area is 393 Å². The van der Waals surface area contributed by atoms with E-state index in [1.54, 1.807) is 0 Å². The average Bonchev–Trinajstić information content (AvgIpc) is 3.09. The largest absolute Gasteiger partial charge is 1.00 e. The molecule has 6 N–H and O–H groups in total. The van der Waals surface area contributed by atoms with Crippen LogP contribution in [0.4, 0.5) is 35.2 Å². The summed E-state index contributed by atoms with van der Waals surface area (Å²) in [5.41, 5.74) is -0.423. The molecule has 0 amide bonds. The number of nitrogens with one attached hydrogen (secondary N) is 3. The van der Waals surface area contributed by atoms with Crippen molar-refractivity contribution in [1.29, 1.82) is 0 Å². The first-order chi connectivity index (χ1) is 25.4. The van der Waals surface area contributed by atoms with Gasteiger partial charge >= 0.3 is 94.7 Å². The molecule has 4 rings (SSSR count). The van der Waals surface area contributed by atoms with E-state index in [0.29, 0.717) is 0 Å². The molecule has 292 valence electrons. The molecule has 2 heterocycles. The van der Waals surface area contributed by atoms with Gasteiger partial charge in [0.2, 0.25) is 23.8 Å². The summed E-state index contributed by atoms with van der Waals surface area (Å²) in [4.78, 5) is 23.9. The van der Waals surface area contributed by atoms with Crippen LogP contribution in [0, 0.1) is 0 Å². The molecule has 0 bridgehead atoms. The Hall–Kier alpha value is -2.19. The van der Waals surface area contributed by atoms with Gasteiger partial charge in [0.1, 0.15) is 26.8 Å². The van der Waals surface area contributed by atoms with Crippen molar-refractivity contribution in [1.82, 2.24) is 29.9 Å². The average molecular weight is 881 g/mol. The summed E-state index contributed by atoms with van der Waals surface area (Å²) in [6.45, 7) is -1.55. The molecule has 2 aromatic heterocycles. The molecule has 0 spiro atoms. The first-order valence-electron chi connectivity index (χ1n) is 15.1. The van der Waals surface area contributed by atoms with E-state index in [-0.39, 0.29) is 180 Å². The number of ether oxygens (including phenoxy) is 1. The van der Waals surface area contributed by atoms with E-state index in [0.717, 1.165) is 24.3 Å². The number of aliphatic hydroxyl groups is 3. The summed E-state index contributed by atoms with van der Waals surface area (Å²) in [5.74, 6) is -1.53. The van der Waals surface area contributed by atoms with Gasteiger partial charge in [0, 0.05) is 31.0 Å². The van der Waals surface area contributed by atoms with Crippen molar-refractivity contribution in [3.63, 3.8) is 0 Å². The second kappa shape index (κ2) is 23.6. The second-order valence-electron chi connectivity index (χ2n) is 10.6. The van der Waals surface area contributed by atoms with Gasteiger partial charge in [-0.2, -0.15) is 29.9 Å². The van der Waals surface area contributed by atoms with E-state index in [1.807, 2.05) is 0 Å². The Morgan fingerprint density at radius 3 is 1.63 bits per heavy atom. The number of aliphatic hydroxyl groups excluding tert-OH is 3. The molecule has 4 aromatic rings. The van der Waals surface area contributed by atoms with Crippen molar-refractivity contribution >= 4 is 77.7 Å². The normalized spacial score (nSPS) is 11.5. The Balaban J connectivity index is 0.00000541. The number of benzene rings is 2. The third-order valence-corrected chi connectivity index (χ3v) is 9.28. The van der Waals surface area contributed by atoms with Crippen molar-refractivity contribution < 1.29 is 148 Å². The zero-order valence-corrected chi connectivity index (χ0v) is 39.3. The number of hydrogen-bond donors (Lipinski definition) is 6. The SMILES string of the molecule is COc1nc(NCCS(=O)(=O)[O-])nc(Nc2ccc(C=Cc3ccc(Nc4nc(CO)nc(N(CCO)CCO)n4)cc3S(=O)(=O)[O-])c(S(=O)(=O)[O-])c2)n1.[Na+].[Na+].[Na+]. The van der Waals surface area contributed by atoms with Gasteiger partial charge in [-0.05, 0) is 35.4 Å². The molecule has 0 radical (unpaired) electrons. The molecule has 2 aromatic carbocycles. The van der Waals surface area contributed by atoms with E-state index in [2.05, 4.69) is 45.9 Å². The monoisotopic (exact) mass is 880 g/mol. The van der Waals surface area contributed by atoms with E-state index < -0.39 is 52.5 Å². The molecular weight excluding hydrogens is 850 g/mol. The Morgan fingerprint density at radius 2 is 1.19 bits per heavy atom. The van der Waals surface area contributed by atoms with Gasteiger partial charge in [-0.3, -0.25) is 0 Å². The van der Waals surface area contributed by atoms with E-state index in [9.17, 15) is 54.2 Å². The first-order valence-corrected chi connectivity index (χ1v) is 19.5. The zero-order chi connectivity index (χ0) is 39.7. The molecule has 0 atom stereocenters. The summed E-state index contributed by atoms with van der Waals surface area (Å²) < 4.78 is 111. The maximum Gasteiger partial charge on any atom is 1.00 e. The van der Waals surface area contributed by atoms with Gasteiger partial charge in [0.05, 0.1) is 46.0 Å². The standard InChI is InChI=1S/C28H34N10O13S3.3Na/c1-51-28-36-24(29-8-13-52(42,43)44)34-26(37-28)31-20-7-5-18(22(15-20)54(48,49)50)3-2-17-4-6-19(14-21(17)53(45,46)47)30-25-32-23(16-41)33-27(35-25)38(9-11-39)10-12-40;;;/h2-7,14-15,39-41H,8-13,16H2,1H3,(H,42,43,44)(H,45,46,47)(H,48,49,50)(H,30,32,33,35)(H2,29,31,34,36,37);;;/q;3*+1/p-3. The quantitative estimate of drug-likeness (QED) is 0.0289. The molecule has 29 heteroatoms. The molecule has 23 nitrogen and oxygen atoms in total. The fraction of sp³-hybridized carbons (Fsp3) is 0.286. The fourth-order valence-corrected chi connectivity index (χ4v) is 6.21.